The highest BCUT2D eigenvalue weighted by Crippen LogP contribution is 2.18. The third kappa shape index (κ3) is 1.35. The molecule has 1 aromatic heterocycles. The summed E-state index contributed by atoms with van der Waals surface area (Å²) in [5.74, 6) is 0. The smallest absolute Gasteiger partial charge is 0.0725 e. The molecule has 0 aliphatic carbocycles. The molecule has 0 unspecified atom stereocenters. The van der Waals surface area contributed by atoms with Crippen molar-refractivity contribution < 1.29 is 0 Å². The normalized spacial score (nSPS) is 10.6. The fourth-order valence-corrected chi connectivity index (χ4v) is 1.39. The minimum atomic E-state index is 0.767. The van der Waals surface area contributed by atoms with Gasteiger partial charge in [0.2, 0.25) is 0 Å². The fraction of sp³-hybridized carbons (Fsp3) is 0.182. The van der Waals surface area contributed by atoms with Crippen molar-refractivity contribution >= 4 is 16.6 Å². The maximum absolute atomic E-state index is 5.67. The van der Waals surface area contributed by atoms with E-state index in [0.29, 0.717) is 0 Å². The van der Waals surface area contributed by atoms with Crippen molar-refractivity contribution in [3.05, 3.63) is 35.5 Å². The first-order valence-corrected chi connectivity index (χ1v) is 4.30. The predicted molar refractivity (Wildman–Crippen MR) is 55.6 cm³/mol. The molecular weight excluding hydrogens is 160 g/mol. The number of nitrogens with zero attached hydrogens (tertiary/aromatic N) is 1. The van der Waals surface area contributed by atoms with Gasteiger partial charge in [-0.2, -0.15) is 0 Å². The third-order valence-corrected chi connectivity index (χ3v) is 2.29. The van der Waals surface area contributed by atoms with Crippen LogP contribution in [0.25, 0.3) is 10.9 Å². The summed E-state index contributed by atoms with van der Waals surface area (Å²) >= 11 is 0. The molecule has 2 rings (SSSR count). The van der Waals surface area contributed by atoms with Crippen LogP contribution in [0.15, 0.2) is 24.3 Å². The summed E-state index contributed by atoms with van der Waals surface area (Å²) in [6.45, 7) is 4.08. The molecule has 2 aromatic rings. The van der Waals surface area contributed by atoms with Gasteiger partial charge in [0.15, 0.2) is 0 Å². The topological polar surface area (TPSA) is 38.9 Å². The second-order valence-corrected chi connectivity index (χ2v) is 3.34. The van der Waals surface area contributed by atoms with Crippen LogP contribution in [0, 0.1) is 13.8 Å². The van der Waals surface area contributed by atoms with Crippen LogP contribution in [0.1, 0.15) is 11.3 Å². The Hall–Kier alpha value is -1.57. The Morgan fingerprint density at radius 1 is 1.15 bits per heavy atom. The molecule has 0 spiro atoms. The summed E-state index contributed by atoms with van der Waals surface area (Å²) in [4.78, 5) is 4.46. The molecule has 2 nitrogen and oxygen atoms in total. The summed E-state index contributed by atoms with van der Waals surface area (Å²) in [7, 11) is 0. The number of hydrogen-bond acceptors (Lipinski definition) is 2. The van der Waals surface area contributed by atoms with Crippen LogP contribution in [0.4, 0.5) is 5.69 Å². The van der Waals surface area contributed by atoms with E-state index >= 15 is 0 Å². The lowest BCUT2D eigenvalue weighted by atomic mass is 10.1. The minimum absolute atomic E-state index is 0.767. The summed E-state index contributed by atoms with van der Waals surface area (Å²) in [6.07, 6.45) is 0. The first kappa shape index (κ1) is 8.05. The zero-order valence-corrected chi connectivity index (χ0v) is 7.83. The SMILES string of the molecule is Cc1cc2ccc(N)cc2nc1C. The Morgan fingerprint density at radius 2 is 1.92 bits per heavy atom. The van der Waals surface area contributed by atoms with E-state index in [2.05, 4.69) is 18.0 Å². The van der Waals surface area contributed by atoms with Crippen molar-refractivity contribution in [1.29, 1.82) is 0 Å². The van der Waals surface area contributed by atoms with Crippen molar-refractivity contribution in [2.75, 3.05) is 5.73 Å². The summed E-state index contributed by atoms with van der Waals surface area (Å²) in [5.41, 5.74) is 9.70. The van der Waals surface area contributed by atoms with Crippen LogP contribution < -0.4 is 5.73 Å². The molecule has 1 aromatic carbocycles. The molecule has 0 bridgehead atoms. The van der Waals surface area contributed by atoms with E-state index in [1.165, 1.54) is 5.56 Å². The van der Waals surface area contributed by atoms with Gasteiger partial charge in [-0.15, -0.1) is 0 Å². The lowest BCUT2D eigenvalue weighted by molar-refractivity contribution is 1.20. The summed E-state index contributed by atoms with van der Waals surface area (Å²) < 4.78 is 0. The van der Waals surface area contributed by atoms with Gasteiger partial charge in [-0.3, -0.25) is 4.98 Å². The van der Waals surface area contributed by atoms with E-state index in [4.69, 9.17) is 5.73 Å². The lowest BCUT2D eigenvalue weighted by Gasteiger charge is -2.03. The van der Waals surface area contributed by atoms with Gasteiger partial charge in [-0.05, 0) is 37.6 Å². The van der Waals surface area contributed by atoms with Crippen molar-refractivity contribution in [2.24, 2.45) is 0 Å². The molecule has 0 atom stereocenters. The Bertz CT molecular complexity index is 461. The van der Waals surface area contributed by atoms with E-state index in [1.54, 1.807) is 0 Å². The van der Waals surface area contributed by atoms with Gasteiger partial charge in [-0.25, -0.2) is 0 Å². The number of benzene rings is 1. The molecule has 2 N–H and O–H groups in total. The van der Waals surface area contributed by atoms with E-state index in [0.717, 1.165) is 22.3 Å². The number of nitrogens with two attached hydrogens (primary N) is 1. The molecular formula is C11H12N2. The van der Waals surface area contributed by atoms with Crippen molar-refractivity contribution in [3.8, 4) is 0 Å². The van der Waals surface area contributed by atoms with Gasteiger partial charge in [0.25, 0.3) is 0 Å². The molecule has 0 radical (unpaired) electrons. The van der Waals surface area contributed by atoms with Gasteiger partial charge in [-0.1, -0.05) is 6.07 Å². The zero-order chi connectivity index (χ0) is 9.42. The zero-order valence-electron chi connectivity index (χ0n) is 7.83. The molecule has 0 saturated heterocycles. The van der Waals surface area contributed by atoms with Gasteiger partial charge in [0.1, 0.15) is 0 Å². The third-order valence-electron chi connectivity index (χ3n) is 2.29. The predicted octanol–water partition coefficient (Wildman–Crippen LogP) is 2.43. The average Bonchev–Trinajstić information content (AvgIpc) is 2.08. The molecule has 2 heteroatoms. The number of fused-ring (bicyclic) bond motifs is 1. The first-order chi connectivity index (χ1) is 6.16. The van der Waals surface area contributed by atoms with Crippen LogP contribution in [0.5, 0.6) is 0 Å². The highest BCUT2D eigenvalue weighted by molar-refractivity contribution is 5.82. The van der Waals surface area contributed by atoms with Crippen LogP contribution in [0.2, 0.25) is 0 Å². The van der Waals surface area contributed by atoms with Gasteiger partial charge in [0, 0.05) is 16.8 Å². The maximum atomic E-state index is 5.67. The average molecular weight is 172 g/mol. The Morgan fingerprint density at radius 3 is 2.69 bits per heavy atom. The molecule has 0 aliphatic rings. The van der Waals surface area contributed by atoms with E-state index in [9.17, 15) is 0 Å². The van der Waals surface area contributed by atoms with Gasteiger partial charge >= 0.3 is 0 Å². The standard InChI is InChI=1S/C11H12N2/c1-7-5-9-3-4-10(12)6-11(9)13-8(7)2/h3-6H,12H2,1-2H3. The van der Waals surface area contributed by atoms with Crippen molar-refractivity contribution in [3.63, 3.8) is 0 Å². The second-order valence-electron chi connectivity index (χ2n) is 3.34. The van der Waals surface area contributed by atoms with Crippen LogP contribution in [0.3, 0.4) is 0 Å². The molecule has 1 heterocycles. The molecule has 13 heavy (non-hydrogen) atoms. The van der Waals surface area contributed by atoms with Crippen LogP contribution >= 0.6 is 0 Å². The fourth-order valence-electron chi connectivity index (χ4n) is 1.39. The molecule has 66 valence electrons. The number of anilines is 1. The highest BCUT2D eigenvalue weighted by atomic mass is 14.7. The Labute approximate surface area is 77.4 Å². The monoisotopic (exact) mass is 172 g/mol. The number of pyridine rings is 1. The van der Waals surface area contributed by atoms with E-state index in [-0.39, 0.29) is 0 Å². The maximum Gasteiger partial charge on any atom is 0.0725 e. The highest BCUT2D eigenvalue weighted by Gasteiger charge is 1.98. The van der Waals surface area contributed by atoms with Crippen molar-refractivity contribution in [2.45, 2.75) is 13.8 Å². The van der Waals surface area contributed by atoms with E-state index < -0.39 is 0 Å². The number of hydrogen-bond donors (Lipinski definition) is 1. The Balaban J connectivity index is 2.81. The van der Waals surface area contributed by atoms with E-state index in [1.807, 2.05) is 25.1 Å². The summed E-state index contributed by atoms with van der Waals surface area (Å²) in [6, 6.07) is 7.95. The van der Waals surface area contributed by atoms with Gasteiger partial charge in [0.05, 0.1) is 5.52 Å². The molecule has 0 amide bonds. The van der Waals surface area contributed by atoms with Crippen molar-refractivity contribution in [1.82, 2.24) is 4.98 Å². The quantitative estimate of drug-likeness (QED) is 0.620. The molecule has 0 saturated carbocycles. The molecule has 0 aliphatic heterocycles. The summed E-state index contributed by atoms with van der Waals surface area (Å²) in [5, 5.41) is 1.15. The number of nitrogen functional groups attached to an aromatic ring is 1. The number of rotatable bonds is 0. The first-order valence-electron chi connectivity index (χ1n) is 4.30. The minimum Gasteiger partial charge on any atom is -0.399 e. The van der Waals surface area contributed by atoms with Crippen LogP contribution in [-0.2, 0) is 0 Å². The number of aromatic nitrogens is 1. The lowest BCUT2D eigenvalue weighted by Crippen LogP contribution is -1.90. The molecule has 0 fully saturated rings. The largest absolute Gasteiger partial charge is 0.399 e. The number of aryl methyl sites for hydroxylation is 2. The Kier molecular flexibility index (Phi) is 1.69. The van der Waals surface area contributed by atoms with Gasteiger partial charge < -0.3 is 5.73 Å². The second kappa shape index (κ2) is 2.73. The van der Waals surface area contributed by atoms with Crippen LogP contribution in [-0.4, -0.2) is 4.98 Å².